The summed E-state index contributed by atoms with van der Waals surface area (Å²) in [6.45, 7) is 0.0387. The minimum absolute atomic E-state index is 0.0387. The molecule has 0 heterocycles. The Labute approximate surface area is 107 Å². The van der Waals surface area contributed by atoms with Gasteiger partial charge < -0.3 is 5.32 Å². The first-order chi connectivity index (χ1) is 9.08. The summed E-state index contributed by atoms with van der Waals surface area (Å²) in [4.78, 5) is 9.81. The van der Waals surface area contributed by atoms with E-state index in [0.717, 1.165) is 6.07 Å². The molecule has 0 bridgehead atoms. The Balaban J connectivity index is 2.16. The Morgan fingerprint density at radius 1 is 1.16 bits per heavy atom. The van der Waals surface area contributed by atoms with Crippen molar-refractivity contribution >= 4 is 11.4 Å². The first-order valence-corrected chi connectivity index (χ1v) is 5.49. The molecular weight excluding hydrogens is 254 g/mol. The van der Waals surface area contributed by atoms with Crippen molar-refractivity contribution in [1.82, 2.24) is 0 Å². The van der Waals surface area contributed by atoms with Gasteiger partial charge in [0.25, 0.3) is 0 Å². The van der Waals surface area contributed by atoms with Gasteiger partial charge in [-0.05, 0) is 18.2 Å². The number of rotatable bonds is 4. The van der Waals surface area contributed by atoms with E-state index in [1.165, 1.54) is 30.3 Å². The maximum absolute atomic E-state index is 13.7. The van der Waals surface area contributed by atoms with Gasteiger partial charge in [0.05, 0.1) is 4.92 Å². The highest BCUT2D eigenvalue weighted by Gasteiger charge is 2.16. The summed E-state index contributed by atoms with van der Waals surface area (Å²) < 4.78 is 26.7. The van der Waals surface area contributed by atoms with Gasteiger partial charge in [0, 0.05) is 23.9 Å². The smallest absolute Gasteiger partial charge is 0.305 e. The lowest BCUT2D eigenvalue weighted by Gasteiger charge is -2.07. The molecule has 0 unspecified atom stereocenters. The zero-order valence-corrected chi connectivity index (χ0v) is 9.77. The lowest BCUT2D eigenvalue weighted by atomic mass is 10.2. The maximum atomic E-state index is 13.7. The number of nitrogens with one attached hydrogen (secondary N) is 1. The van der Waals surface area contributed by atoms with Crippen molar-refractivity contribution in [2.45, 2.75) is 6.54 Å². The van der Waals surface area contributed by atoms with E-state index in [0.29, 0.717) is 5.69 Å². The van der Waals surface area contributed by atoms with E-state index in [1.54, 1.807) is 6.07 Å². The number of hydrogen-bond acceptors (Lipinski definition) is 3. The molecule has 98 valence electrons. The number of halogens is 2. The lowest BCUT2D eigenvalue weighted by Crippen LogP contribution is -2.04. The summed E-state index contributed by atoms with van der Waals surface area (Å²) in [5, 5.41) is 13.4. The van der Waals surface area contributed by atoms with Crippen LogP contribution in [0.2, 0.25) is 0 Å². The number of benzene rings is 2. The Bertz CT molecular complexity index is 617. The third-order valence-electron chi connectivity index (χ3n) is 2.56. The molecule has 1 N–H and O–H groups in total. The summed E-state index contributed by atoms with van der Waals surface area (Å²) >= 11 is 0. The molecule has 4 nitrogen and oxygen atoms in total. The quantitative estimate of drug-likeness (QED) is 0.679. The molecule has 0 spiro atoms. The van der Waals surface area contributed by atoms with Crippen molar-refractivity contribution < 1.29 is 13.7 Å². The van der Waals surface area contributed by atoms with Crippen molar-refractivity contribution in [3.63, 3.8) is 0 Å². The zero-order chi connectivity index (χ0) is 13.8. The van der Waals surface area contributed by atoms with Gasteiger partial charge in [-0.2, -0.15) is 4.39 Å². The number of nitro benzene ring substituents is 1. The van der Waals surface area contributed by atoms with Crippen LogP contribution in [0.4, 0.5) is 20.2 Å². The van der Waals surface area contributed by atoms with E-state index in [2.05, 4.69) is 5.32 Å². The fourth-order valence-corrected chi connectivity index (χ4v) is 1.64. The molecule has 0 saturated heterocycles. The fourth-order valence-electron chi connectivity index (χ4n) is 1.64. The van der Waals surface area contributed by atoms with Gasteiger partial charge in [-0.1, -0.05) is 18.2 Å². The van der Waals surface area contributed by atoms with Crippen LogP contribution in [0.1, 0.15) is 5.56 Å². The Morgan fingerprint density at radius 2 is 1.89 bits per heavy atom. The van der Waals surface area contributed by atoms with E-state index in [9.17, 15) is 18.9 Å². The summed E-state index contributed by atoms with van der Waals surface area (Å²) in [7, 11) is 0. The van der Waals surface area contributed by atoms with Gasteiger partial charge in [0.15, 0.2) is 0 Å². The molecule has 0 amide bonds. The SMILES string of the molecule is O=[N+]([O-])c1cccc(CNc2cccc(F)c2)c1F. The maximum Gasteiger partial charge on any atom is 0.305 e. The topological polar surface area (TPSA) is 55.2 Å². The minimum atomic E-state index is -0.878. The molecule has 2 aromatic carbocycles. The Morgan fingerprint density at radius 3 is 2.58 bits per heavy atom. The van der Waals surface area contributed by atoms with E-state index >= 15 is 0 Å². The summed E-state index contributed by atoms with van der Waals surface area (Å²) in [6.07, 6.45) is 0. The average molecular weight is 264 g/mol. The van der Waals surface area contributed by atoms with Crippen LogP contribution in [0.3, 0.4) is 0 Å². The number of anilines is 1. The van der Waals surface area contributed by atoms with Crippen molar-refractivity contribution in [3.05, 3.63) is 69.8 Å². The Hall–Kier alpha value is -2.50. The van der Waals surface area contributed by atoms with Gasteiger partial charge in [-0.15, -0.1) is 0 Å². The van der Waals surface area contributed by atoms with Gasteiger partial charge >= 0.3 is 5.69 Å². The van der Waals surface area contributed by atoms with Crippen LogP contribution < -0.4 is 5.32 Å². The van der Waals surface area contributed by atoms with Crippen molar-refractivity contribution in [2.24, 2.45) is 0 Å². The number of nitrogens with zero attached hydrogens (tertiary/aromatic N) is 1. The lowest BCUT2D eigenvalue weighted by molar-refractivity contribution is -0.387. The molecule has 19 heavy (non-hydrogen) atoms. The highest BCUT2D eigenvalue weighted by atomic mass is 19.1. The number of hydrogen-bond donors (Lipinski definition) is 1. The van der Waals surface area contributed by atoms with Crippen molar-refractivity contribution in [3.8, 4) is 0 Å². The molecule has 6 heteroatoms. The van der Waals surface area contributed by atoms with E-state index in [1.807, 2.05) is 0 Å². The molecule has 0 aromatic heterocycles. The predicted octanol–water partition coefficient (Wildman–Crippen LogP) is 3.49. The highest BCUT2D eigenvalue weighted by Crippen LogP contribution is 2.21. The molecular formula is C13H10F2N2O2. The molecule has 0 aliphatic carbocycles. The first kappa shape index (κ1) is 12.9. The fraction of sp³-hybridized carbons (Fsp3) is 0.0769. The van der Waals surface area contributed by atoms with Crippen LogP contribution in [0.15, 0.2) is 42.5 Å². The molecule has 0 radical (unpaired) electrons. The normalized spacial score (nSPS) is 10.2. The van der Waals surface area contributed by atoms with Crippen LogP contribution in [-0.4, -0.2) is 4.92 Å². The standard InChI is InChI=1S/C13H10F2N2O2/c14-10-4-2-5-11(7-10)16-8-9-3-1-6-12(13(9)15)17(18)19/h1-7,16H,8H2. The van der Waals surface area contributed by atoms with E-state index in [4.69, 9.17) is 0 Å². The van der Waals surface area contributed by atoms with Crippen molar-refractivity contribution in [2.75, 3.05) is 5.32 Å². The molecule has 0 atom stereocenters. The van der Waals surface area contributed by atoms with Gasteiger partial charge in [0.2, 0.25) is 5.82 Å². The molecule has 2 aromatic rings. The molecule has 0 aliphatic rings. The van der Waals surface area contributed by atoms with Crippen LogP contribution in [-0.2, 0) is 6.54 Å². The van der Waals surface area contributed by atoms with E-state index in [-0.39, 0.29) is 12.1 Å². The summed E-state index contributed by atoms with van der Waals surface area (Å²) in [5.74, 6) is -1.29. The van der Waals surface area contributed by atoms with Crippen LogP contribution in [0.25, 0.3) is 0 Å². The van der Waals surface area contributed by atoms with Gasteiger partial charge in [0.1, 0.15) is 5.82 Å². The van der Waals surface area contributed by atoms with Crippen LogP contribution in [0, 0.1) is 21.7 Å². The second-order valence-corrected chi connectivity index (χ2v) is 3.87. The zero-order valence-electron chi connectivity index (χ0n) is 9.77. The predicted molar refractivity (Wildman–Crippen MR) is 66.8 cm³/mol. The first-order valence-electron chi connectivity index (χ1n) is 5.49. The molecule has 0 fully saturated rings. The average Bonchev–Trinajstić information content (AvgIpc) is 2.37. The largest absolute Gasteiger partial charge is 0.381 e. The van der Waals surface area contributed by atoms with Crippen LogP contribution in [0.5, 0.6) is 0 Å². The summed E-state index contributed by atoms with van der Waals surface area (Å²) in [5.41, 5.74) is 0.0582. The number of nitro groups is 1. The van der Waals surface area contributed by atoms with Crippen LogP contribution >= 0.6 is 0 Å². The summed E-state index contributed by atoms with van der Waals surface area (Å²) in [6, 6.07) is 9.63. The van der Waals surface area contributed by atoms with Gasteiger partial charge in [-0.25, -0.2) is 4.39 Å². The molecule has 2 rings (SSSR count). The van der Waals surface area contributed by atoms with Gasteiger partial charge in [-0.3, -0.25) is 10.1 Å². The van der Waals surface area contributed by atoms with Crippen molar-refractivity contribution in [1.29, 1.82) is 0 Å². The third kappa shape index (κ3) is 3.04. The Kier molecular flexibility index (Phi) is 3.70. The minimum Gasteiger partial charge on any atom is -0.381 e. The molecule has 0 saturated carbocycles. The monoisotopic (exact) mass is 264 g/mol. The third-order valence-corrected chi connectivity index (χ3v) is 2.56. The molecule has 0 aliphatic heterocycles. The second-order valence-electron chi connectivity index (χ2n) is 3.87. The van der Waals surface area contributed by atoms with E-state index < -0.39 is 22.2 Å². The second kappa shape index (κ2) is 5.43. The highest BCUT2D eigenvalue weighted by molar-refractivity contribution is 5.45.